The summed E-state index contributed by atoms with van der Waals surface area (Å²) in [7, 11) is 0. The molecule has 0 unspecified atom stereocenters. The Morgan fingerprint density at radius 1 is 0.824 bits per heavy atom. The number of carbonyl (C=O) groups is 2. The number of amides is 1. The summed E-state index contributed by atoms with van der Waals surface area (Å²) in [5, 5.41) is 12.4. The molecule has 0 aliphatic heterocycles. The Morgan fingerprint density at radius 2 is 1.50 bits per heavy atom. The van der Waals surface area contributed by atoms with Gasteiger partial charge in [-0.25, -0.2) is 9.36 Å². The van der Waals surface area contributed by atoms with Crippen molar-refractivity contribution in [3.8, 4) is 5.69 Å². The third kappa shape index (κ3) is 4.96. The molecular weight excluding hydrogens is 434 g/mol. The van der Waals surface area contributed by atoms with E-state index in [1.165, 1.54) is 0 Å². The number of aromatic nitrogens is 2. The second-order valence-electron chi connectivity index (χ2n) is 7.85. The fourth-order valence-electron chi connectivity index (χ4n) is 3.84. The molecule has 4 aromatic rings. The van der Waals surface area contributed by atoms with Crippen molar-refractivity contribution in [2.45, 2.75) is 19.4 Å². The van der Waals surface area contributed by atoms with Crippen LogP contribution in [-0.4, -0.2) is 32.7 Å². The fourth-order valence-corrected chi connectivity index (χ4v) is 3.84. The van der Waals surface area contributed by atoms with Gasteiger partial charge in [0.1, 0.15) is 6.54 Å². The van der Waals surface area contributed by atoms with Gasteiger partial charge in [0.25, 0.3) is 5.56 Å². The van der Waals surface area contributed by atoms with Gasteiger partial charge in [-0.1, -0.05) is 54.6 Å². The number of para-hydroxylation sites is 1. The molecule has 0 fully saturated rings. The van der Waals surface area contributed by atoms with Gasteiger partial charge in [0.05, 0.1) is 23.0 Å². The van der Waals surface area contributed by atoms with Crippen LogP contribution in [0.2, 0.25) is 0 Å². The van der Waals surface area contributed by atoms with Crippen molar-refractivity contribution in [2.75, 3.05) is 6.54 Å². The summed E-state index contributed by atoms with van der Waals surface area (Å²) in [6.45, 7) is -0.0443. The molecule has 1 amide bonds. The molecule has 2 N–H and O–H groups in total. The lowest BCUT2D eigenvalue weighted by atomic mass is 10.1. The molecule has 0 saturated carbocycles. The summed E-state index contributed by atoms with van der Waals surface area (Å²) in [6.07, 6.45) is 0.893. The number of carboxylic acids is 1. The van der Waals surface area contributed by atoms with Crippen molar-refractivity contribution in [1.82, 2.24) is 14.5 Å². The zero-order valence-corrected chi connectivity index (χ0v) is 18.3. The zero-order valence-electron chi connectivity index (χ0n) is 18.3. The Labute approximate surface area is 194 Å². The molecular formula is C26H23N3O5. The molecule has 0 aliphatic rings. The lowest BCUT2D eigenvalue weighted by Gasteiger charge is -2.13. The van der Waals surface area contributed by atoms with Crippen LogP contribution in [0.5, 0.6) is 0 Å². The smallest absolute Gasteiger partial charge is 0.336 e. The maximum atomic E-state index is 13.0. The van der Waals surface area contributed by atoms with Crippen LogP contribution in [0.15, 0.2) is 88.5 Å². The zero-order chi connectivity index (χ0) is 24.1. The molecule has 8 heteroatoms. The third-order valence-corrected chi connectivity index (χ3v) is 5.48. The highest BCUT2D eigenvalue weighted by atomic mass is 16.4. The molecule has 1 heterocycles. The lowest BCUT2D eigenvalue weighted by molar-refractivity contribution is -0.137. The molecule has 0 aliphatic carbocycles. The molecule has 0 bridgehead atoms. The Morgan fingerprint density at radius 3 is 2.21 bits per heavy atom. The average Bonchev–Trinajstić information content (AvgIpc) is 2.83. The molecule has 3 aromatic carbocycles. The Hall–Kier alpha value is -4.46. The van der Waals surface area contributed by atoms with Gasteiger partial charge < -0.3 is 10.4 Å². The average molecular weight is 457 g/mol. The van der Waals surface area contributed by atoms with E-state index in [9.17, 15) is 24.3 Å². The van der Waals surface area contributed by atoms with Crippen LogP contribution >= 0.6 is 0 Å². The minimum absolute atomic E-state index is 0.129. The second-order valence-corrected chi connectivity index (χ2v) is 7.85. The molecule has 0 atom stereocenters. The van der Waals surface area contributed by atoms with E-state index >= 15 is 0 Å². The molecule has 172 valence electrons. The van der Waals surface area contributed by atoms with Gasteiger partial charge in [-0.05, 0) is 41.8 Å². The van der Waals surface area contributed by atoms with E-state index in [0.717, 1.165) is 26.7 Å². The Balaban J connectivity index is 1.54. The highest BCUT2D eigenvalue weighted by Crippen LogP contribution is 2.12. The van der Waals surface area contributed by atoms with Crippen LogP contribution in [0.1, 0.15) is 11.1 Å². The number of hydrogen-bond donors (Lipinski definition) is 2. The number of carbonyl (C=O) groups excluding carboxylic acids is 1. The van der Waals surface area contributed by atoms with Crippen LogP contribution in [0, 0.1) is 0 Å². The van der Waals surface area contributed by atoms with Crippen molar-refractivity contribution in [1.29, 1.82) is 0 Å². The van der Waals surface area contributed by atoms with Crippen molar-refractivity contribution in [3.63, 3.8) is 0 Å². The normalized spacial score (nSPS) is 10.8. The first-order chi connectivity index (χ1) is 16.4. The summed E-state index contributed by atoms with van der Waals surface area (Å²) in [5.41, 5.74) is 1.15. The van der Waals surface area contributed by atoms with Gasteiger partial charge in [0.15, 0.2) is 0 Å². The topological polar surface area (TPSA) is 110 Å². The van der Waals surface area contributed by atoms with Gasteiger partial charge >= 0.3 is 11.7 Å². The minimum Gasteiger partial charge on any atom is -0.480 e. The summed E-state index contributed by atoms with van der Waals surface area (Å²) < 4.78 is 2.02. The Bertz CT molecular complexity index is 1450. The van der Waals surface area contributed by atoms with Gasteiger partial charge in [-0.2, -0.15) is 0 Å². The van der Waals surface area contributed by atoms with E-state index in [0.29, 0.717) is 12.2 Å². The predicted molar refractivity (Wildman–Crippen MR) is 128 cm³/mol. The summed E-state index contributed by atoms with van der Waals surface area (Å²) in [6, 6.07) is 22.8. The van der Waals surface area contributed by atoms with Crippen molar-refractivity contribution in [3.05, 3.63) is 111 Å². The number of fused-ring (bicyclic) bond motifs is 1. The first-order valence-corrected chi connectivity index (χ1v) is 10.8. The number of nitrogens with one attached hydrogen (secondary N) is 1. The van der Waals surface area contributed by atoms with Gasteiger partial charge in [0, 0.05) is 6.54 Å². The monoisotopic (exact) mass is 457 g/mol. The largest absolute Gasteiger partial charge is 0.480 e. The number of hydrogen-bond acceptors (Lipinski definition) is 4. The maximum absolute atomic E-state index is 13.0. The molecule has 0 saturated heterocycles. The van der Waals surface area contributed by atoms with Crippen molar-refractivity contribution >= 4 is 22.8 Å². The van der Waals surface area contributed by atoms with E-state index in [4.69, 9.17) is 0 Å². The first-order valence-electron chi connectivity index (χ1n) is 10.8. The Kier molecular flexibility index (Phi) is 6.68. The van der Waals surface area contributed by atoms with Crippen LogP contribution in [0.4, 0.5) is 0 Å². The number of nitrogens with zero attached hydrogens (tertiary/aromatic N) is 2. The van der Waals surface area contributed by atoms with Gasteiger partial charge in [-0.3, -0.25) is 19.0 Å². The van der Waals surface area contributed by atoms with Crippen molar-refractivity contribution in [2.24, 2.45) is 0 Å². The number of benzene rings is 3. The highest BCUT2D eigenvalue weighted by Gasteiger charge is 2.16. The predicted octanol–water partition coefficient (Wildman–Crippen LogP) is 2.14. The van der Waals surface area contributed by atoms with Crippen LogP contribution in [0.25, 0.3) is 16.6 Å². The van der Waals surface area contributed by atoms with Crippen molar-refractivity contribution < 1.29 is 14.7 Å². The molecule has 1 aromatic heterocycles. The molecule has 8 nitrogen and oxygen atoms in total. The first kappa shape index (κ1) is 22.7. The third-order valence-electron chi connectivity index (χ3n) is 5.48. The molecule has 0 spiro atoms. The summed E-state index contributed by atoms with van der Waals surface area (Å²) in [5.74, 6) is -1.32. The van der Waals surface area contributed by atoms with Gasteiger partial charge in [0.2, 0.25) is 5.91 Å². The number of aliphatic carboxylic acids is 1. The maximum Gasteiger partial charge on any atom is 0.336 e. The van der Waals surface area contributed by atoms with E-state index in [-0.39, 0.29) is 23.2 Å². The van der Waals surface area contributed by atoms with Crippen LogP contribution in [-0.2, 0) is 29.0 Å². The molecule has 34 heavy (non-hydrogen) atoms. The van der Waals surface area contributed by atoms with Crippen LogP contribution in [0.3, 0.4) is 0 Å². The minimum atomic E-state index is -1.19. The van der Waals surface area contributed by atoms with E-state index in [1.807, 2.05) is 30.3 Å². The number of rotatable bonds is 8. The standard InChI is InChI=1S/C26H23N3O5/c30-23(27-15-14-18-6-2-1-3-7-18)16-19-10-12-20(13-11-19)29-25(33)21-8-4-5-9-22(21)28(26(29)34)17-24(31)32/h1-13H,14-17H2,(H,27,30)(H,31,32). The fraction of sp³-hybridized carbons (Fsp3) is 0.154. The van der Waals surface area contributed by atoms with E-state index in [1.54, 1.807) is 48.5 Å². The van der Waals surface area contributed by atoms with E-state index in [2.05, 4.69) is 5.32 Å². The lowest BCUT2D eigenvalue weighted by Crippen LogP contribution is -2.40. The number of carboxylic acid groups (broad SMARTS) is 1. The van der Waals surface area contributed by atoms with Crippen LogP contribution < -0.4 is 16.6 Å². The molecule has 0 radical (unpaired) electrons. The van der Waals surface area contributed by atoms with Gasteiger partial charge in [-0.15, -0.1) is 0 Å². The highest BCUT2D eigenvalue weighted by molar-refractivity contribution is 5.80. The summed E-state index contributed by atoms with van der Waals surface area (Å²) in [4.78, 5) is 49.7. The molecule has 4 rings (SSSR count). The van der Waals surface area contributed by atoms with E-state index < -0.39 is 23.8 Å². The SMILES string of the molecule is O=C(O)Cn1c(=O)n(-c2ccc(CC(=O)NCCc3ccccc3)cc2)c(=O)c2ccccc21. The summed E-state index contributed by atoms with van der Waals surface area (Å²) >= 11 is 0. The second kappa shape index (κ2) is 9.99. The quantitative estimate of drug-likeness (QED) is 0.421.